The van der Waals surface area contributed by atoms with E-state index in [4.69, 9.17) is 9.29 Å². The van der Waals surface area contributed by atoms with Gasteiger partial charge in [0, 0.05) is 0 Å². The number of benzene rings is 1. The highest BCUT2D eigenvalue weighted by Crippen LogP contribution is 2.34. The van der Waals surface area contributed by atoms with Gasteiger partial charge >= 0.3 is 10.1 Å². The van der Waals surface area contributed by atoms with Gasteiger partial charge in [-0.2, -0.15) is 17.2 Å². The van der Waals surface area contributed by atoms with Gasteiger partial charge in [0.05, 0.1) is 6.61 Å². The molecule has 0 aromatic heterocycles. The van der Waals surface area contributed by atoms with Crippen LogP contribution < -0.4 is 4.74 Å². The number of rotatable bonds is 10. The fourth-order valence-electron chi connectivity index (χ4n) is 3.06. The summed E-state index contributed by atoms with van der Waals surface area (Å²) in [6, 6.07) is 0. The van der Waals surface area contributed by atoms with Gasteiger partial charge in [0.1, 0.15) is 0 Å². The number of hydrogen-bond acceptors (Lipinski definition) is 3. The molecule has 0 bridgehead atoms. The molecular formula is C18H26F4O4S. The van der Waals surface area contributed by atoms with Crippen LogP contribution in [0, 0.1) is 41.0 Å². The largest absolute Gasteiger partial charge is 0.487 e. The predicted octanol–water partition coefficient (Wildman–Crippen LogP) is 5.36. The highest BCUT2D eigenvalue weighted by atomic mass is 32.2. The second-order valence-corrected chi connectivity index (χ2v) is 8.23. The van der Waals surface area contributed by atoms with Crippen molar-refractivity contribution in [2.24, 2.45) is 17.8 Å². The van der Waals surface area contributed by atoms with Crippen molar-refractivity contribution in [3.8, 4) is 5.75 Å². The van der Waals surface area contributed by atoms with Gasteiger partial charge in [-0.1, -0.05) is 53.4 Å². The zero-order chi connectivity index (χ0) is 20.9. The molecule has 0 fully saturated rings. The van der Waals surface area contributed by atoms with E-state index in [0.29, 0.717) is 0 Å². The molecule has 0 aliphatic carbocycles. The van der Waals surface area contributed by atoms with E-state index in [1.807, 2.05) is 27.7 Å². The van der Waals surface area contributed by atoms with E-state index < -0.39 is 44.0 Å². The average Bonchev–Trinajstić information content (AvgIpc) is 2.59. The van der Waals surface area contributed by atoms with Crippen molar-refractivity contribution < 1.29 is 35.3 Å². The van der Waals surface area contributed by atoms with Crippen LogP contribution in [0.2, 0.25) is 0 Å². The highest BCUT2D eigenvalue weighted by molar-refractivity contribution is 7.85. The van der Waals surface area contributed by atoms with Crippen LogP contribution in [0.25, 0.3) is 0 Å². The lowest BCUT2D eigenvalue weighted by Gasteiger charge is -2.29. The Kier molecular flexibility index (Phi) is 8.53. The van der Waals surface area contributed by atoms with Crippen molar-refractivity contribution in [2.45, 2.75) is 58.3 Å². The van der Waals surface area contributed by atoms with Gasteiger partial charge in [0.2, 0.25) is 11.6 Å². The summed E-state index contributed by atoms with van der Waals surface area (Å²) in [5.41, 5.74) is 0. The lowest BCUT2D eigenvalue weighted by atomic mass is 9.80. The predicted molar refractivity (Wildman–Crippen MR) is 93.2 cm³/mol. The smallest absolute Gasteiger partial charge is 0.300 e. The van der Waals surface area contributed by atoms with Gasteiger partial charge in [-0.25, -0.2) is 8.78 Å². The van der Waals surface area contributed by atoms with E-state index in [1.54, 1.807) is 0 Å². The first-order valence-electron chi connectivity index (χ1n) is 8.93. The second kappa shape index (κ2) is 9.73. The Bertz CT molecular complexity index is 723. The van der Waals surface area contributed by atoms with Gasteiger partial charge in [-0.05, 0) is 17.8 Å². The van der Waals surface area contributed by atoms with Crippen LogP contribution in [-0.2, 0) is 10.1 Å². The minimum Gasteiger partial charge on any atom is -0.487 e. The van der Waals surface area contributed by atoms with Crippen LogP contribution in [0.3, 0.4) is 0 Å². The summed E-state index contributed by atoms with van der Waals surface area (Å²) in [6.07, 6.45) is 3.59. The van der Waals surface area contributed by atoms with E-state index in [1.165, 1.54) is 0 Å². The number of halogens is 4. The summed E-state index contributed by atoms with van der Waals surface area (Å²) in [7, 11) is -5.48. The Labute approximate surface area is 157 Å². The maximum absolute atomic E-state index is 14.1. The van der Waals surface area contributed by atoms with Crippen LogP contribution in [-0.4, -0.2) is 19.6 Å². The van der Waals surface area contributed by atoms with Crippen molar-refractivity contribution >= 4 is 10.1 Å². The molecular weight excluding hydrogens is 388 g/mol. The third kappa shape index (κ3) is 5.57. The highest BCUT2D eigenvalue weighted by Gasteiger charge is 2.34. The molecule has 156 valence electrons. The van der Waals surface area contributed by atoms with Crippen molar-refractivity contribution in [1.29, 1.82) is 0 Å². The Morgan fingerprint density at radius 3 is 1.89 bits per heavy atom. The first-order valence-corrected chi connectivity index (χ1v) is 10.4. The first-order chi connectivity index (χ1) is 12.5. The van der Waals surface area contributed by atoms with E-state index in [0.717, 1.165) is 25.7 Å². The third-order valence-electron chi connectivity index (χ3n) is 4.98. The number of ether oxygens (including phenoxy) is 1. The second-order valence-electron chi connectivity index (χ2n) is 6.87. The fourth-order valence-corrected chi connectivity index (χ4v) is 3.69. The number of unbranched alkanes of at least 4 members (excludes halogenated alkanes) is 1. The SMILES string of the molecule is CCCCC(C)C(COc1c(F)c(F)c(S(=O)(=O)O)c(F)c1F)C(C)CC. The summed E-state index contributed by atoms with van der Waals surface area (Å²) in [4.78, 5) is -2.07. The fraction of sp³-hybridized carbons (Fsp3) is 0.667. The Morgan fingerprint density at radius 2 is 1.48 bits per heavy atom. The topological polar surface area (TPSA) is 63.6 Å². The maximum atomic E-state index is 14.1. The molecule has 1 rings (SSSR count). The molecule has 0 saturated heterocycles. The van der Waals surface area contributed by atoms with Crippen LogP contribution >= 0.6 is 0 Å². The molecule has 0 radical (unpaired) electrons. The summed E-state index contributed by atoms with van der Waals surface area (Å²) >= 11 is 0. The molecule has 0 spiro atoms. The lowest BCUT2D eigenvalue weighted by molar-refractivity contribution is 0.131. The van der Waals surface area contributed by atoms with Crippen molar-refractivity contribution in [3.05, 3.63) is 23.3 Å². The third-order valence-corrected chi connectivity index (χ3v) is 5.85. The monoisotopic (exact) mass is 414 g/mol. The van der Waals surface area contributed by atoms with E-state index in [2.05, 4.69) is 0 Å². The van der Waals surface area contributed by atoms with Gasteiger partial charge in [0.15, 0.2) is 22.3 Å². The molecule has 0 saturated carbocycles. The molecule has 4 nitrogen and oxygen atoms in total. The quantitative estimate of drug-likeness (QED) is 0.318. The Morgan fingerprint density at radius 1 is 0.963 bits per heavy atom. The summed E-state index contributed by atoms with van der Waals surface area (Å²) in [5.74, 6) is -9.58. The zero-order valence-electron chi connectivity index (χ0n) is 15.9. The van der Waals surface area contributed by atoms with Crippen molar-refractivity contribution in [1.82, 2.24) is 0 Å². The Hall–Kier alpha value is -1.35. The van der Waals surface area contributed by atoms with Gasteiger partial charge < -0.3 is 4.74 Å². The van der Waals surface area contributed by atoms with Crippen LogP contribution in [0.4, 0.5) is 17.6 Å². The minimum absolute atomic E-state index is 0.118. The Balaban J connectivity index is 3.20. The van der Waals surface area contributed by atoms with E-state index in [9.17, 15) is 26.0 Å². The molecule has 0 aliphatic heterocycles. The minimum atomic E-state index is -5.48. The van der Waals surface area contributed by atoms with Gasteiger partial charge in [-0.15, -0.1) is 0 Å². The normalized spacial score (nSPS) is 15.4. The number of hydrogen-bond donors (Lipinski definition) is 1. The summed E-state index contributed by atoms with van der Waals surface area (Å²) < 4.78 is 91.7. The molecule has 0 amide bonds. The zero-order valence-corrected chi connectivity index (χ0v) is 16.7. The molecule has 3 unspecified atom stereocenters. The molecule has 1 aromatic carbocycles. The molecule has 0 aliphatic rings. The molecule has 27 heavy (non-hydrogen) atoms. The maximum Gasteiger partial charge on any atom is 0.300 e. The summed E-state index contributed by atoms with van der Waals surface area (Å²) in [5, 5.41) is 0. The van der Waals surface area contributed by atoms with Crippen molar-refractivity contribution in [2.75, 3.05) is 6.61 Å². The molecule has 0 heterocycles. The summed E-state index contributed by atoms with van der Waals surface area (Å²) in [6.45, 7) is 7.73. The van der Waals surface area contributed by atoms with E-state index in [-0.39, 0.29) is 24.4 Å². The van der Waals surface area contributed by atoms with Gasteiger partial charge in [0.25, 0.3) is 0 Å². The molecule has 1 N–H and O–H groups in total. The van der Waals surface area contributed by atoms with Crippen molar-refractivity contribution in [3.63, 3.8) is 0 Å². The first kappa shape index (κ1) is 23.7. The molecule has 3 atom stereocenters. The van der Waals surface area contributed by atoms with Crippen LogP contribution in [0.1, 0.15) is 53.4 Å². The lowest BCUT2D eigenvalue weighted by Crippen LogP contribution is -2.27. The van der Waals surface area contributed by atoms with E-state index >= 15 is 0 Å². The van der Waals surface area contributed by atoms with Gasteiger partial charge in [-0.3, -0.25) is 4.55 Å². The van der Waals surface area contributed by atoms with Crippen LogP contribution in [0.5, 0.6) is 5.75 Å². The average molecular weight is 414 g/mol. The molecule has 9 heteroatoms. The van der Waals surface area contributed by atoms with Crippen LogP contribution in [0.15, 0.2) is 4.90 Å². The molecule has 1 aromatic rings. The standard InChI is InChI=1S/C18H26F4O4S/c1-5-7-8-11(4)12(10(3)6-2)9-26-17-13(19)15(21)18(27(23,24)25)16(22)14(17)20/h10-12H,5-9H2,1-4H3,(H,23,24,25).